The van der Waals surface area contributed by atoms with Crippen LogP contribution < -0.4 is 5.32 Å². The van der Waals surface area contributed by atoms with Crippen molar-refractivity contribution >= 4 is 23.3 Å². The molecule has 2 aliphatic heterocycles. The molecule has 2 aliphatic rings. The topological polar surface area (TPSA) is 93.4 Å². The smallest absolute Gasteiger partial charge is 0.321 e. The summed E-state index contributed by atoms with van der Waals surface area (Å²) in [4.78, 5) is 18.9. The average Bonchev–Trinajstić information content (AvgIpc) is 3.40. The lowest BCUT2D eigenvalue weighted by Crippen LogP contribution is -2.38. The normalized spacial score (nSPS) is 20.2. The van der Waals surface area contributed by atoms with Gasteiger partial charge in [-0.15, -0.1) is 10.2 Å². The fourth-order valence-corrected chi connectivity index (χ4v) is 4.69. The summed E-state index contributed by atoms with van der Waals surface area (Å²) in [5.74, 6) is 0.970. The first-order chi connectivity index (χ1) is 15.1. The van der Waals surface area contributed by atoms with Gasteiger partial charge < -0.3 is 19.4 Å². The Bertz CT molecular complexity index is 1070. The Morgan fingerprint density at radius 2 is 1.97 bits per heavy atom. The second-order valence-electron chi connectivity index (χ2n) is 8.03. The van der Waals surface area contributed by atoms with Gasteiger partial charge in [0.25, 0.3) is 0 Å². The molecule has 31 heavy (non-hydrogen) atoms. The van der Waals surface area contributed by atoms with Crippen LogP contribution in [0.25, 0.3) is 11.5 Å². The van der Waals surface area contributed by atoms with Crippen molar-refractivity contribution in [2.24, 2.45) is 5.41 Å². The molecule has 1 unspecified atom stereocenters. The van der Waals surface area contributed by atoms with Gasteiger partial charge in [0.1, 0.15) is 0 Å². The highest BCUT2D eigenvalue weighted by Gasteiger charge is 2.51. The summed E-state index contributed by atoms with van der Waals surface area (Å²) in [6, 6.07) is 10.6. The molecular weight excluding hydrogens is 418 g/mol. The molecule has 3 aromatic rings. The highest BCUT2D eigenvalue weighted by molar-refractivity contribution is 6.30. The molecule has 0 aliphatic carbocycles. The number of nitrogens with zero attached hydrogens (tertiary/aromatic N) is 4. The Balaban J connectivity index is 1.39. The highest BCUT2D eigenvalue weighted by atomic mass is 35.5. The molecule has 2 amide bonds. The van der Waals surface area contributed by atoms with Crippen molar-refractivity contribution in [1.82, 2.24) is 20.1 Å². The minimum absolute atomic E-state index is 0.0513. The van der Waals surface area contributed by atoms with Gasteiger partial charge in [-0.1, -0.05) is 17.7 Å². The van der Waals surface area contributed by atoms with Gasteiger partial charge in [-0.2, -0.15) is 0 Å². The van der Waals surface area contributed by atoms with Gasteiger partial charge in [-0.25, -0.2) is 4.79 Å². The minimum Gasteiger partial charge on any atom is -0.420 e. The first-order valence-corrected chi connectivity index (χ1v) is 10.6. The van der Waals surface area contributed by atoms with Crippen molar-refractivity contribution in [2.45, 2.75) is 18.8 Å². The van der Waals surface area contributed by atoms with Gasteiger partial charge >= 0.3 is 6.03 Å². The summed E-state index contributed by atoms with van der Waals surface area (Å²) in [5, 5.41) is 12.1. The fourth-order valence-electron chi connectivity index (χ4n) is 4.50. The van der Waals surface area contributed by atoms with E-state index in [4.69, 9.17) is 20.8 Å². The quantitative estimate of drug-likeness (QED) is 0.657. The second kappa shape index (κ2) is 8.28. The molecule has 2 fully saturated rings. The maximum atomic E-state index is 13.0. The first kappa shape index (κ1) is 20.0. The zero-order valence-corrected chi connectivity index (χ0v) is 17.6. The lowest BCUT2D eigenvalue weighted by atomic mass is 9.72. The van der Waals surface area contributed by atoms with E-state index in [0.29, 0.717) is 48.8 Å². The first-order valence-electron chi connectivity index (χ1n) is 10.3. The number of carbonyl (C=O) groups is 1. The van der Waals surface area contributed by atoms with Crippen molar-refractivity contribution in [1.29, 1.82) is 0 Å². The lowest BCUT2D eigenvalue weighted by molar-refractivity contribution is 0.0104. The number of pyridine rings is 1. The number of rotatable bonds is 3. The molecule has 9 heteroatoms. The number of aromatic nitrogens is 3. The summed E-state index contributed by atoms with van der Waals surface area (Å²) >= 11 is 6.05. The number of hydrogen-bond acceptors (Lipinski definition) is 6. The molecule has 160 valence electrons. The maximum Gasteiger partial charge on any atom is 0.321 e. The summed E-state index contributed by atoms with van der Waals surface area (Å²) in [6.45, 7) is 2.43. The molecule has 2 saturated heterocycles. The molecular formula is C22H22ClN5O3. The summed E-state index contributed by atoms with van der Waals surface area (Å²) < 4.78 is 11.7. The van der Waals surface area contributed by atoms with E-state index in [-0.39, 0.29) is 17.4 Å². The zero-order chi connectivity index (χ0) is 21.3. The Morgan fingerprint density at radius 3 is 2.74 bits per heavy atom. The van der Waals surface area contributed by atoms with Crippen molar-refractivity contribution in [3.8, 4) is 11.5 Å². The van der Waals surface area contributed by atoms with Gasteiger partial charge in [0.2, 0.25) is 11.8 Å². The van der Waals surface area contributed by atoms with Crippen LogP contribution in [-0.4, -0.2) is 52.4 Å². The van der Waals surface area contributed by atoms with Crippen molar-refractivity contribution in [3.05, 3.63) is 59.7 Å². The standard InChI is InChI=1S/C22H22ClN5O3/c23-16-2-1-3-17(12-16)25-21(29)28-13-18(22(14-28)6-10-30-11-7-22)20-27-26-19(31-20)15-4-8-24-9-5-15/h1-5,8-9,12,18H,6-7,10-11,13-14H2,(H,25,29). The van der Waals surface area contributed by atoms with Gasteiger partial charge in [-0.3, -0.25) is 4.98 Å². The van der Waals surface area contributed by atoms with Gasteiger partial charge in [0, 0.05) is 60.4 Å². The summed E-state index contributed by atoms with van der Waals surface area (Å²) in [7, 11) is 0. The number of hydrogen-bond donors (Lipinski definition) is 1. The predicted molar refractivity (Wildman–Crippen MR) is 115 cm³/mol. The van der Waals surface area contributed by atoms with Gasteiger partial charge in [0.15, 0.2) is 0 Å². The number of nitrogens with one attached hydrogen (secondary N) is 1. The van der Waals surface area contributed by atoms with Crippen LogP contribution in [0.5, 0.6) is 0 Å². The number of carbonyl (C=O) groups excluding carboxylic acids is 1. The lowest BCUT2D eigenvalue weighted by Gasteiger charge is -2.36. The third-order valence-electron chi connectivity index (χ3n) is 6.17. The van der Waals surface area contributed by atoms with E-state index in [2.05, 4.69) is 20.5 Å². The van der Waals surface area contributed by atoms with Crippen molar-refractivity contribution < 1.29 is 13.9 Å². The number of halogens is 1. The number of benzene rings is 1. The average molecular weight is 440 g/mol. The monoisotopic (exact) mass is 439 g/mol. The Labute approximate surface area is 184 Å². The van der Waals surface area contributed by atoms with Gasteiger partial charge in [-0.05, 0) is 43.2 Å². The third-order valence-corrected chi connectivity index (χ3v) is 6.40. The maximum absolute atomic E-state index is 13.0. The Hall–Kier alpha value is -2.97. The van der Waals surface area contributed by atoms with Crippen LogP contribution in [-0.2, 0) is 4.74 Å². The van der Waals surface area contributed by atoms with Crippen LogP contribution >= 0.6 is 11.6 Å². The van der Waals surface area contributed by atoms with E-state index in [1.54, 1.807) is 24.5 Å². The molecule has 1 spiro atoms. The van der Waals surface area contributed by atoms with Crippen LogP contribution in [0.3, 0.4) is 0 Å². The number of anilines is 1. The zero-order valence-electron chi connectivity index (χ0n) is 16.8. The SMILES string of the molecule is O=C(Nc1cccc(Cl)c1)N1CC(c2nnc(-c3ccncc3)o2)C2(CCOCC2)C1. The Morgan fingerprint density at radius 1 is 1.16 bits per heavy atom. The van der Waals surface area contributed by atoms with Crippen LogP contribution in [0.2, 0.25) is 5.02 Å². The van der Waals surface area contributed by atoms with Crippen LogP contribution in [0.4, 0.5) is 10.5 Å². The number of ether oxygens (including phenoxy) is 1. The molecule has 0 saturated carbocycles. The van der Waals surface area contributed by atoms with E-state index in [1.807, 2.05) is 29.2 Å². The van der Waals surface area contributed by atoms with Gasteiger partial charge in [0.05, 0.1) is 5.92 Å². The molecule has 5 rings (SSSR count). The minimum atomic E-state index is -0.162. The molecule has 4 heterocycles. The van der Waals surface area contributed by atoms with E-state index < -0.39 is 0 Å². The third kappa shape index (κ3) is 4.00. The van der Waals surface area contributed by atoms with Crippen LogP contribution in [0, 0.1) is 5.41 Å². The highest BCUT2D eigenvalue weighted by Crippen LogP contribution is 2.49. The number of urea groups is 1. The largest absolute Gasteiger partial charge is 0.420 e. The molecule has 0 bridgehead atoms. The second-order valence-corrected chi connectivity index (χ2v) is 8.47. The molecule has 2 aromatic heterocycles. The van der Waals surface area contributed by atoms with E-state index in [0.717, 1.165) is 18.4 Å². The number of likely N-dealkylation sites (tertiary alicyclic amines) is 1. The summed E-state index contributed by atoms with van der Waals surface area (Å²) in [6.07, 6.45) is 5.06. The summed E-state index contributed by atoms with van der Waals surface area (Å²) in [5.41, 5.74) is 1.34. The predicted octanol–water partition coefficient (Wildman–Crippen LogP) is 4.21. The molecule has 1 N–H and O–H groups in total. The van der Waals surface area contributed by atoms with Crippen molar-refractivity contribution in [3.63, 3.8) is 0 Å². The number of amides is 2. The van der Waals surface area contributed by atoms with Crippen molar-refractivity contribution in [2.75, 3.05) is 31.6 Å². The van der Waals surface area contributed by atoms with Crippen LogP contribution in [0.1, 0.15) is 24.7 Å². The molecule has 1 aromatic carbocycles. The molecule has 8 nitrogen and oxygen atoms in total. The Kier molecular flexibility index (Phi) is 5.33. The van der Waals surface area contributed by atoms with Crippen LogP contribution in [0.15, 0.2) is 53.2 Å². The molecule has 1 atom stereocenters. The fraction of sp³-hybridized carbons (Fsp3) is 0.364. The van der Waals surface area contributed by atoms with E-state index >= 15 is 0 Å². The molecule has 0 radical (unpaired) electrons. The van der Waals surface area contributed by atoms with E-state index in [1.165, 1.54) is 0 Å². The van der Waals surface area contributed by atoms with E-state index in [9.17, 15) is 4.79 Å².